The van der Waals surface area contributed by atoms with Gasteiger partial charge < -0.3 is 24.9 Å². The molecule has 0 spiro atoms. The third kappa shape index (κ3) is 4.62. The first-order valence-corrected chi connectivity index (χ1v) is 11.1. The van der Waals surface area contributed by atoms with E-state index in [-0.39, 0.29) is 29.3 Å². The summed E-state index contributed by atoms with van der Waals surface area (Å²) < 4.78 is 22.2. The molecule has 0 bridgehead atoms. The Morgan fingerprint density at radius 2 is 2.03 bits per heavy atom. The van der Waals surface area contributed by atoms with Crippen LogP contribution in [0.4, 0.5) is 10.1 Å². The van der Waals surface area contributed by atoms with Gasteiger partial charge in [-0.25, -0.2) is 4.39 Å². The molecule has 3 heterocycles. The maximum Gasteiger partial charge on any atom is 0.257 e. The molecule has 1 saturated heterocycles. The van der Waals surface area contributed by atoms with Crippen LogP contribution in [0.15, 0.2) is 45.9 Å². The van der Waals surface area contributed by atoms with E-state index in [4.69, 9.17) is 10.2 Å². The molecule has 4 rings (SSSR count). The van der Waals surface area contributed by atoms with Gasteiger partial charge in [-0.1, -0.05) is 6.92 Å². The van der Waals surface area contributed by atoms with E-state index in [0.29, 0.717) is 49.4 Å². The molecule has 3 N–H and O–H groups in total. The Balaban J connectivity index is 1.69. The van der Waals surface area contributed by atoms with Crippen LogP contribution >= 0.6 is 0 Å². The molecule has 2 amide bonds. The van der Waals surface area contributed by atoms with Crippen molar-refractivity contribution < 1.29 is 18.4 Å². The number of rotatable bonds is 7. The van der Waals surface area contributed by atoms with Crippen LogP contribution in [0, 0.1) is 11.7 Å². The van der Waals surface area contributed by atoms with Crippen molar-refractivity contribution in [3.05, 3.63) is 64.1 Å². The predicted molar refractivity (Wildman–Crippen MR) is 122 cm³/mol. The molecule has 8 nitrogen and oxygen atoms in total. The predicted octanol–water partition coefficient (Wildman–Crippen LogP) is 2.78. The molecular formula is C24H27FN4O4. The lowest BCUT2D eigenvalue weighted by Gasteiger charge is -2.32. The number of hydrogen-bond acceptors (Lipinski definition) is 5. The minimum atomic E-state index is -0.541. The number of carbonyl (C=O) groups excluding carboxylic acids is 2. The van der Waals surface area contributed by atoms with Crippen LogP contribution in [0.25, 0.3) is 10.9 Å². The monoisotopic (exact) mass is 454 g/mol. The second-order valence-electron chi connectivity index (χ2n) is 8.31. The second kappa shape index (κ2) is 9.48. The molecule has 0 unspecified atom stereocenters. The number of aromatic nitrogens is 1. The van der Waals surface area contributed by atoms with Crippen molar-refractivity contribution in [2.75, 3.05) is 18.0 Å². The summed E-state index contributed by atoms with van der Waals surface area (Å²) in [5, 5.41) is 2.84. The molecule has 9 heteroatoms. The van der Waals surface area contributed by atoms with Crippen molar-refractivity contribution in [2.45, 2.75) is 39.3 Å². The van der Waals surface area contributed by atoms with E-state index in [2.05, 4.69) is 5.32 Å². The summed E-state index contributed by atoms with van der Waals surface area (Å²) in [6.07, 6.45) is 4.92. The normalized spacial score (nSPS) is 14.5. The van der Waals surface area contributed by atoms with Gasteiger partial charge in [-0.2, -0.15) is 0 Å². The van der Waals surface area contributed by atoms with Gasteiger partial charge in [-0.15, -0.1) is 0 Å². The van der Waals surface area contributed by atoms with Crippen LogP contribution in [0.5, 0.6) is 0 Å². The van der Waals surface area contributed by atoms with Gasteiger partial charge in [0.05, 0.1) is 24.0 Å². The van der Waals surface area contributed by atoms with E-state index < -0.39 is 17.2 Å². The Kier molecular flexibility index (Phi) is 6.48. The molecular weight excluding hydrogens is 427 g/mol. The topological polar surface area (TPSA) is 111 Å². The molecule has 174 valence electrons. The Hall–Kier alpha value is -3.62. The molecule has 2 aromatic heterocycles. The number of furan rings is 1. The summed E-state index contributed by atoms with van der Waals surface area (Å²) in [5.41, 5.74) is 5.79. The number of pyridine rings is 1. The summed E-state index contributed by atoms with van der Waals surface area (Å²) in [6.45, 7) is 3.69. The number of amides is 2. The molecule has 0 radical (unpaired) electrons. The number of carbonyl (C=O) groups is 2. The molecule has 1 aromatic carbocycles. The first-order chi connectivity index (χ1) is 15.9. The lowest BCUT2D eigenvalue weighted by molar-refractivity contribution is -0.122. The van der Waals surface area contributed by atoms with Crippen LogP contribution < -0.4 is 21.4 Å². The standard InChI is InChI=1S/C24H27FN4O4/c1-2-7-29-14-18(24(32)27-13-16-4-3-10-33-16)22(30)17-11-19(25)21(12-20(17)29)28-8-5-15(6-9-28)23(26)31/h3-4,10-12,14-15H,2,5-9,13H2,1H3,(H2,26,31)(H,27,32). The zero-order valence-electron chi connectivity index (χ0n) is 18.5. The van der Waals surface area contributed by atoms with E-state index in [1.165, 1.54) is 18.5 Å². The summed E-state index contributed by atoms with van der Waals surface area (Å²) in [7, 11) is 0. The van der Waals surface area contributed by atoms with Crippen LogP contribution in [-0.4, -0.2) is 29.5 Å². The third-order valence-electron chi connectivity index (χ3n) is 6.10. The van der Waals surface area contributed by atoms with Crippen LogP contribution in [0.1, 0.15) is 42.3 Å². The SMILES string of the molecule is CCCn1cc(C(=O)NCc2ccco2)c(=O)c2cc(F)c(N3CCC(C(N)=O)CC3)cc21. The van der Waals surface area contributed by atoms with Gasteiger partial charge in [0, 0.05) is 37.1 Å². The van der Waals surface area contributed by atoms with E-state index in [9.17, 15) is 14.4 Å². The minimum absolute atomic E-state index is 0.0445. The van der Waals surface area contributed by atoms with Gasteiger partial charge in [0.15, 0.2) is 0 Å². The Morgan fingerprint density at radius 1 is 1.27 bits per heavy atom. The number of piperidine rings is 1. The number of nitrogens with two attached hydrogens (primary N) is 1. The third-order valence-corrected chi connectivity index (χ3v) is 6.10. The van der Waals surface area contributed by atoms with Gasteiger partial charge in [0.25, 0.3) is 5.91 Å². The van der Waals surface area contributed by atoms with Crippen molar-refractivity contribution >= 4 is 28.4 Å². The van der Waals surface area contributed by atoms with Crippen LogP contribution in [-0.2, 0) is 17.9 Å². The maximum absolute atomic E-state index is 15.1. The first kappa shape index (κ1) is 22.6. The lowest BCUT2D eigenvalue weighted by atomic mass is 9.95. The quantitative estimate of drug-likeness (QED) is 0.570. The maximum atomic E-state index is 15.1. The fourth-order valence-corrected chi connectivity index (χ4v) is 4.31. The number of primary amides is 1. The molecule has 1 aliphatic heterocycles. The number of aryl methyl sites for hydroxylation is 1. The van der Waals surface area contributed by atoms with E-state index in [0.717, 1.165) is 6.42 Å². The highest BCUT2D eigenvalue weighted by molar-refractivity contribution is 5.97. The summed E-state index contributed by atoms with van der Waals surface area (Å²) in [6, 6.07) is 6.31. The highest BCUT2D eigenvalue weighted by Crippen LogP contribution is 2.29. The van der Waals surface area contributed by atoms with Crippen LogP contribution in [0.2, 0.25) is 0 Å². The van der Waals surface area contributed by atoms with Gasteiger partial charge >= 0.3 is 0 Å². The summed E-state index contributed by atoms with van der Waals surface area (Å²) >= 11 is 0. The Morgan fingerprint density at radius 3 is 2.67 bits per heavy atom. The number of benzene rings is 1. The Labute approximate surface area is 190 Å². The van der Waals surface area contributed by atoms with Crippen LogP contribution in [0.3, 0.4) is 0 Å². The summed E-state index contributed by atoms with van der Waals surface area (Å²) in [4.78, 5) is 39.2. The molecule has 3 aromatic rings. The molecule has 0 saturated carbocycles. The van der Waals surface area contributed by atoms with Gasteiger partial charge in [-0.3, -0.25) is 14.4 Å². The van der Waals surface area contributed by atoms with Crippen molar-refractivity contribution in [3.8, 4) is 0 Å². The number of anilines is 1. The lowest BCUT2D eigenvalue weighted by Crippen LogP contribution is -2.39. The number of hydrogen-bond donors (Lipinski definition) is 2. The highest BCUT2D eigenvalue weighted by Gasteiger charge is 2.26. The van der Waals surface area contributed by atoms with Gasteiger partial charge in [0.1, 0.15) is 17.1 Å². The minimum Gasteiger partial charge on any atom is -0.467 e. The first-order valence-electron chi connectivity index (χ1n) is 11.1. The fraction of sp³-hybridized carbons (Fsp3) is 0.375. The van der Waals surface area contributed by atoms with E-state index in [1.807, 2.05) is 16.4 Å². The Bertz CT molecular complexity index is 1230. The van der Waals surface area contributed by atoms with Crippen molar-refractivity contribution in [1.29, 1.82) is 0 Å². The highest BCUT2D eigenvalue weighted by atomic mass is 19.1. The van der Waals surface area contributed by atoms with E-state index in [1.54, 1.807) is 18.2 Å². The fourth-order valence-electron chi connectivity index (χ4n) is 4.31. The van der Waals surface area contributed by atoms with Gasteiger partial charge in [-0.05, 0) is 43.5 Å². The molecule has 0 atom stereocenters. The smallest absolute Gasteiger partial charge is 0.257 e. The number of fused-ring (bicyclic) bond motifs is 1. The van der Waals surface area contributed by atoms with Gasteiger partial charge in [0.2, 0.25) is 11.3 Å². The molecule has 1 fully saturated rings. The summed E-state index contributed by atoms with van der Waals surface area (Å²) in [5.74, 6) is -1.04. The average molecular weight is 455 g/mol. The second-order valence-corrected chi connectivity index (χ2v) is 8.31. The van der Waals surface area contributed by atoms with E-state index >= 15 is 4.39 Å². The molecule has 33 heavy (non-hydrogen) atoms. The molecule has 1 aliphatic rings. The van der Waals surface area contributed by atoms with Crippen molar-refractivity contribution in [2.24, 2.45) is 11.7 Å². The number of nitrogens with zero attached hydrogens (tertiary/aromatic N) is 2. The van der Waals surface area contributed by atoms with Crippen molar-refractivity contribution in [1.82, 2.24) is 9.88 Å². The zero-order valence-corrected chi connectivity index (χ0v) is 18.5. The average Bonchev–Trinajstić information content (AvgIpc) is 3.33. The number of halogens is 1. The number of nitrogens with one attached hydrogen (secondary N) is 1. The largest absolute Gasteiger partial charge is 0.467 e. The van der Waals surface area contributed by atoms with Crippen molar-refractivity contribution in [3.63, 3.8) is 0 Å². The molecule has 0 aliphatic carbocycles. The zero-order chi connectivity index (χ0) is 23.5.